The summed E-state index contributed by atoms with van der Waals surface area (Å²) in [6, 6.07) is 2.70. The molecule has 1 fully saturated rings. The Morgan fingerprint density at radius 1 is 1.41 bits per heavy atom. The summed E-state index contributed by atoms with van der Waals surface area (Å²) in [6.45, 7) is 0.255. The molecule has 0 spiro atoms. The quantitative estimate of drug-likeness (QED) is 0.836. The van der Waals surface area contributed by atoms with Gasteiger partial charge in [-0.1, -0.05) is 6.07 Å². The van der Waals surface area contributed by atoms with Crippen molar-refractivity contribution in [1.29, 1.82) is 0 Å². The fourth-order valence-electron chi connectivity index (χ4n) is 1.74. The van der Waals surface area contributed by atoms with E-state index in [0.717, 1.165) is 12.1 Å². The molecule has 17 heavy (non-hydrogen) atoms. The minimum Gasteiger partial charge on any atom is -0.483 e. The zero-order valence-electron chi connectivity index (χ0n) is 8.82. The molecule has 1 aliphatic rings. The summed E-state index contributed by atoms with van der Waals surface area (Å²) in [7, 11) is 0. The summed E-state index contributed by atoms with van der Waals surface area (Å²) < 4.78 is 31.7. The molecule has 2 rings (SSSR count). The van der Waals surface area contributed by atoms with Crippen LogP contribution in [-0.4, -0.2) is 29.8 Å². The van der Waals surface area contributed by atoms with E-state index in [1.165, 1.54) is 6.07 Å². The van der Waals surface area contributed by atoms with Gasteiger partial charge >= 0.3 is 5.97 Å². The third-order valence-electron chi connectivity index (χ3n) is 2.59. The maximum absolute atomic E-state index is 13.3. The second-order valence-electron chi connectivity index (χ2n) is 3.83. The zero-order chi connectivity index (χ0) is 12.4. The van der Waals surface area contributed by atoms with Gasteiger partial charge in [-0.15, -0.1) is 0 Å². The summed E-state index contributed by atoms with van der Waals surface area (Å²) in [5, 5.41) is 11.4. The molecule has 1 aromatic carbocycles. The van der Waals surface area contributed by atoms with Crippen molar-refractivity contribution < 1.29 is 23.4 Å². The molecule has 92 valence electrons. The van der Waals surface area contributed by atoms with Crippen molar-refractivity contribution >= 4 is 5.97 Å². The molecule has 1 heterocycles. The lowest BCUT2D eigenvalue weighted by Gasteiger charge is -2.13. The zero-order valence-corrected chi connectivity index (χ0v) is 8.82. The molecule has 0 radical (unpaired) electrons. The number of carbonyl (C=O) groups is 1. The summed E-state index contributed by atoms with van der Waals surface area (Å²) in [5.74, 6) is -3.03. The molecule has 0 amide bonds. The molecule has 1 unspecified atom stereocenters. The van der Waals surface area contributed by atoms with Crippen molar-refractivity contribution in [1.82, 2.24) is 5.32 Å². The van der Waals surface area contributed by atoms with Crippen LogP contribution < -0.4 is 10.1 Å². The van der Waals surface area contributed by atoms with Gasteiger partial charge in [0.2, 0.25) is 0 Å². The Morgan fingerprint density at radius 2 is 2.06 bits per heavy atom. The van der Waals surface area contributed by atoms with E-state index >= 15 is 0 Å². The molecular weight excluding hydrogens is 232 g/mol. The predicted molar refractivity (Wildman–Crippen MR) is 54.8 cm³/mol. The first-order valence-corrected chi connectivity index (χ1v) is 5.15. The highest BCUT2D eigenvalue weighted by molar-refractivity contribution is 5.73. The Balaban J connectivity index is 2.05. The number of nitrogens with one attached hydrogen (secondary N) is 1. The molecule has 1 aromatic rings. The first-order valence-electron chi connectivity index (χ1n) is 5.15. The minimum atomic E-state index is -0.995. The van der Waals surface area contributed by atoms with Gasteiger partial charge < -0.3 is 15.2 Å². The van der Waals surface area contributed by atoms with Crippen LogP contribution in [0.2, 0.25) is 0 Å². The van der Waals surface area contributed by atoms with Crippen LogP contribution in [0.3, 0.4) is 0 Å². The van der Waals surface area contributed by atoms with Gasteiger partial charge in [0.05, 0.1) is 0 Å². The van der Waals surface area contributed by atoms with Gasteiger partial charge in [-0.3, -0.25) is 4.79 Å². The monoisotopic (exact) mass is 243 g/mol. The lowest BCUT2D eigenvalue weighted by molar-refractivity contribution is -0.139. The first-order chi connectivity index (χ1) is 8.08. The minimum absolute atomic E-state index is 0.184. The van der Waals surface area contributed by atoms with Crippen molar-refractivity contribution in [2.75, 3.05) is 6.54 Å². The van der Waals surface area contributed by atoms with Crippen molar-refractivity contribution in [2.24, 2.45) is 0 Å². The van der Waals surface area contributed by atoms with Gasteiger partial charge in [-0.2, -0.15) is 0 Å². The van der Waals surface area contributed by atoms with E-state index in [1.54, 1.807) is 0 Å². The van der Waals surface area contributed by atoms with Crippen LogP contribution in [0.1, 0.15) is 6.42 Å². The Hall–Kier alpha value is -1.69. The molecule has 2 atom stereocenters. The van der Waals surface area contributed by atoms with E-state index in [0.29, 0.717) is 0 Å². The van der Waals surface area contributed by atoms with Crippen molar-refractivity contribution in [3.05, 3.63) is 29.8 Å². The molecule has 1 aliphatic heterocycles. The molecule has 0 saturated carbocycles. The number of ether oxygens (including phenoxy) is 1. The van der Waals surface area contributed by atoms with Gasteiger partial charge in [-0.05, 0) is 12.1 Å². The average molecular weight is 243 g/mol. The maximum atomic E-state index is 13.3. The predicted octanol–water partition coefficient (Wildman–Crippen LogP) is 1.16. The Kier molecular flexibility index (Phi) is 3.23. The van der Waals surface area contributed by atoms with Crippen LogP contribution in [0.15, 0.2) is 18.2 Å². The van der Waals surface area contributed by atoms with Crippen molar-refractivity contribution in [3.63, 3.8) is 0 Å². The van der Waals surface area contributed by atoms with Crippen LogP contribution in [0.5, 0.6) is 5.75 Å². The van der Waals surface area contributed by atoms with Crippen LogP contribution in [0.25, 0.3) is 0 Å². The van der Waals surface area contributed by atoms with Crippen LogP contribution in [0, 0.1) is 11.6 Å². The highest BCUT2D eigenvalue weighted by atomic mass is 19.1. The molecule has 0 aliphatic carbocycles. The van der Waals surface area contributed by atoms with E-state index in [1.807, 2.05) is 0 Å². The Bertz CT molecular complexity index is 418. The van der Waals surface area contributed by atoms with Crippen molar-refractivity contribution in [3.8, 4) is 5.75 Å². The van der Waals surface area contributed by atoms with E-state index in [4.69, 9.17) is 9.84 Å². The number of benzene rings is 1. The molecule has 2 N–H and O–H groups in total. The smallest absolute Gasteiger partial charge is 0.320 e. The fraction of sp³-hybridized carbons (Fsp3) is 0.364. The number of hydrogen-bond donors (Lipinski definition) is 2. The molecule has 0 aromatic heterocycles. The third kappa shape index (κ3) is 2.52. The van der Waals surface area contributed by atoms with E-state index in [-0.39, 0.29) is 13.0 Å². The van der Waals surface area contributed by atoms with Gasteiger partial charge in [0.25, 0.3) is 0 Å². The summed E-state index contributed by atoms with van der Waals surface area (Å²) >= 11 is 0. The normalized spacial score (nSPS) is 23.6. The number of halogens is 2. The second kappa shape index (κ2) is 4.67. The Labute approximate surface area is 96.2 Å². The summed E-state index contributed by atoms with van der Waals surface area (Å²) in [6.07, 6.45) is -0.356. The number of aliphatic carboxylic acids is 1. The lowest BCUT2D eigenvalue weighted by atomic mass is 10.2. The molecule has 4 nitrogen and oxygen atoms in total. The van der Waals surface area contributed by atoms with Gasteiger partial charge in [-0.25, -0.2) is 8.78 Å². The molecule has 0 bridgehead atoms. The highest BCUT2D eigenvalue weighted by Gasteiger charge is 2.31. The third-order valence-corrected chi connectivity index (χ3v) is 2.59. The number of hydrogen-bond acceptors (Lipinski definition) is 3. The van der Waals surface area contributed by atoms with Crippen molar-refractivity contribution in [2.45, 2.75) is 18.6 Å². The van der Waals surface area contributed by atoms with Crippen LogP contribution in [-0.2, 0) is 4.79 Å². The number of carboxylic acid groups (broad SMARTS) is 1. The SMILES string of the molecule is O=C(O)[C@@H]1CC(Oc2c(F)cccc2F)CN1. The fourth-order valence-corrected chi connectivity index (χ4v) is 1.74. The molecule has 6 heteroatoms. The van der Waals surface area contributed by atoms with Gasteiger partial charge in [0.15, 0.2) is 17.4 Å². The van der Waals surface area contributed by atoms with Gasteiger partial charge in [0.1, 0.15) is 12.1 Å². The van der Waals surface area contributed by atoms with Gasteiger partial charge in [0, 0.05) is 13.0 Å². The van der Waals surface area contributed by atoms with Crippen LogP contribution >= 0.6 is 0 Å². The Morgan fingerprint density at radius 3 is 2.59 bits per heavy atom. The van der Waals surface area contributed by atoms with E-state index < -0.39 is 35.5 Å². The second-order valence-corrected chi connectivity index (χ2v) is 3.83. The topological polar surface area (TPSA) is 58.6 Å². The number of rotatable bonds is 3. The largest absolute Gasteiger partial charge is 0.483 e. The molecule has 1 saturated heterocycles. The van der Waals surface area contributed by atoms with E-state index in [9.17, 15) is 13.6 Å². The maximum Gasteiger partial charge on any atom is 0.320 e. The highest BCUT2D eigenvalue weighted by Crippen LogP contribution is 2.24. The number of carboxylic acids is 1. The summed E-state index contributed by atoms with van der Waals surface area (Å²) in [4.78, 5) is 10.7. The molecular formula is C11H11F2NO3. The number of para-hydroxylation sites is 1. The summed E-state index contributed by atoms with van der Waals surface area (Å²) in [5.41, 5.74) is 0. The first kappa shape index (κ1) is 11.8. The lowest BCUT2D eigenvalue weighted by Crippen LogP contribution is -2.30. The average Bonchev–Trinajstić information content (AvgIpc) is 2.72. The standard InChI is InChI=1S/C11H11F2NO3/c12-7-2-1-3-8(13)10(7)17-6-4-9(11(15)16)14-5-6/h1-3,6,9,14H,4-5H2,(H,15,16)/t6?,9-/m0/s1. The van der Waals surface area contributed by atoms with Crippen LogP contribution in [0.4, 0.5) is 8.78 Å². The van der Waals surface area contributed by atoms with E-state index in [2.05, 4.69) is 5.32 Å².